The van der Waals surface area contributed by atoms with E-state index in [1.807, 2.05) is 0 Å². The molecular formula is C16H33NO. The summed E-state index contributed by atoms with van der Waals surface area (Å²) in [6.07, 6.45) is 5.71. The Hall–Kier alpha value is -0.0800. The molecule has 1 aliphatic rings. The van der Waals surface area contributed by atoms with Crippen LogP contribution in [-0.4, -0.2) is 34.7 Å². The van der Waals surface area contributed by atoms with E-state index in [0.717, 1.165) is 25.3 Å². The second-order valence-corrected chi connectivity index (χ2v) is 6.77. The van der Waals surface area contributed by atoms with Gasteiger partial charge in [-0.15, -0.1) is 0 Å². The Morgan fingerprint density at radius 2 is 1.83 bits per heavy atom. The summed E-state index contributed by atoms with van der Waals surface area (Å²) in [7, 11) is 0. The predicted molar refractivity (Wildman–Crippen MR) is 78.7 cm³/mol. The highest BCUT2D eigenvalue weighted by Gasteiger charge is 2.34. The lowest BCUT2D eigenvalue weighted by molar-refractivity contribution is 0.00475. The number of rotatable bonds is 6. The quantitative estimate of drug-likeness (QED) is 0.782. The van der Waals surface area contributed by atoms with Crippen LogP contribution in [0.5, 0.6) is 0 Å². The first-order chi connectivity index (χ1) is 8.45. The van der Waals surface area contributed by atoms with E-state index in [-0.39, 0.29) is 6.10 Å². The molecule has 1 rings (SSSR count). The van der Waals surface area contributed by atoms with Gasteiger partial charge >= 0.3 is 0 Å². The molecule has 18 heavy (non-hydrogen) atoms. The lowest BCUT2D eigenvalue weighted by Gasteiger charge is -2.44. The van der Waals surface area contributed by atoms with Crippen LogP contribution in [0.3, 0.4) is 0 Å². The van der Waals surface area contributed by atoms with Gasteiger partial charge in [-0.05, 0) is 51.4 Å². The standard InChI is InChI=1S/C16H33NO/c1-6-7-14-8-9-15(18)10-16(14)17(13(4)5)11-12(2)3/h12-16,18H,6-11H2,1-5H3. The molecule has 0 bridgehead atoms. The normalized spacial score (nSPS) is 29.5. The minimum Gasteiger partial charge on any atom is -0.393 e. The molecule has 108 valence electrons. The van der Waals surface area contributed by atoms with Gasteiger partial charge in [0.2, 0.25) is 0 Å². The molecule has 0 saturated heterocycles. The topological polar surface area (TPSA) is 23.5 Å². The van der Waals surface area contributed by atoms with E-state index in [4.69, 9.17) is 0 Å². The average molecular weight is 255 g/mol. The first kappa shape index (κ1) is 16.0. The maximum absolute atomic E-state index is 10.0. The van der Waals surface area contributed by atoms with Crippen LogP contribution in [0, 0.1) is 11.8 Å². The first-order valence-electron chi connectivity index (χ1n) is 7.89. The molecule has 1 aliphatic carbocycles. The van der Waals surface area contributed by atoms with Crippen molar-refractivity contribution in [1.82, 2.24) is 4.90 Å². The van der Waals surface area contributed by atoms with Crippen molar-refractivity contribution in [3.05, 3.63) is 0 Å². The second-order valence-electron chi connectivity index (χ2n) is 6.77. The molecule has 0 radical (unpaired) electrons. The molecule has 2 heteroatoms. The smallest absolute Gasteiger partial charge is 0.0555 e. The molecule has 1 fully saturated rings. The fourth-order valence-corrected chi connectivity index (χ4v) is 3.45. The Morgan fingerprint density at radius 3 is 2.33 bits per heavy atom. The second kappa shape index (κ2) is 7.49. The molecule has 2 nitrogen and oxygen atoms in total. The van der Waals surface area contributed by atoms with Gasteiger partial charge in [0.05, 0.1) is 6.10 Å². The molecule has 0 aromatic carbocycles. The van der Waals surface area contributed by atoms with E-state index < -0.39 is 0 Å². The summed E-state index contributed by atoms with van der Waals surface area (Å²) in [4.78, 5) is 2.65. The third-order valence-corrected chi connectivity index (χ3v) is 4.25. The van der Waals surface area contributed by atoms with Gasteiger partial charge in [-0.1, -0.05) is 27.2 Å². The van der Waals surface area contributed by atoms with Gasteiger partial charge in [0.1, 0.15) is 0 Å². The zero-order valence-electron chi connectivity index (χ0n) is 13.0. The SMILES string of the molecule is CCCC1CCC(O)CC1N(CC(C)C)C(C)C. The van der Waals surface area contributed by atoms with E-state index in [0.29, 0.717) is 18.0 Å². The Kier molecular flexibility index (Phi) is 6.65. The van der Waals surface area contributed by atoms with Crippen LogP contribution in [0.4, 0.5) is 0 Å². The fraction of sp³-hybridized carbons (Fsp3) is 1.00. The Bertz CT molecular complexity index is 227. The molecule has 0 aliphatic heterocycles. The summed E-state index contributed by atoms with van der Waals surface area (Å²) in [5, 5.41) is 10.0. The highest BCUT2D eigenvalue weighted by molar-refractivity contribution is 4.88. The zero-order chi connectivity index (χ0) is 13.7. The fourth-order valence-electron chi connectivity index (χ4n) is 3.45. The van der Waals surface area contributed by atoms with E-state index in [2.05, 4.69) is 39.5 Å². The minimum absolute atomic E-state index is 0.0727. The maximum Gasteiger partial charge on any atom is 0.0555 e. The Balaban J connectivity index is 2.75. The van der Waals surface area contributed by atoms with Crippen molar-refractivity contribution in [2.75, 3.05) is 6.54 Å². The monoisotopic (exact) mass is 255 g/mol. The predicted octanol–water partition coefficient (Wildman–Crippen LogP) is 3.68. The molecule has 3 unspecified atom stereocenters. The van der Waals surface area contributed by atoms with Gasteiger partial charge < -0.3 is 5.11 Å². The number of aliphatic hydroxyl groups is 1. The van der Waals surface area contributed by atoms with Crippen LogP contribution in [0.2, 0.25) is 0 Å². The lowest BCUT2D eigenvalue weighted by Crippen LogP contribution is -2.50. The number of hydrogen-bond acceptors (Lipinski definition) is 2. The summed E-state index contributed by atoms with van der Waals surface area (Å²) >= 11 is 0. The van der Waals surface area contributed by atoms with E-state index in [9.17, 15) is 5.11 Å². The molecule has 0 spiro atoms. The Labute approximate surface area is 114 Å². The Morgan fingerprint density at radius 1 is 1.17 bits per heavy atom. The van der Waals surface area contributed by atoms with Crippen LogP contribution in [0.25, 0.3) is 0 Å². The molecule has 0 aromatic heterocycles. The minimum atomic E-state index is -0.0727. The van der Waals surface area contributed by atoms with Crippen molar-refractivity contribution in [3.8, 4) is 0 Å². The van der Waals surface area contributed by atoms with Gasteiger partial charge in [0, 0.05) is 18.6 Å². The van der Waals surface area contributed by atoms with Gasteiger partial charge in [0.15, 0.2) is 0 Å². The highest BCUT2D eigenvalue weighted by Crippen LogP contribution is 2.33. The van der Waals surface area contributed by atoms with Crippen LogP contribution >= 0.6 is 0 Å². The van der Waals surface area contributed by atoms with Gasteiger partial charge in [-0.2, -0.15) is 0 Å². The van der Waals surface area contributed by atoms with Crippen molar-refractivity contribution in [1.29, 1.82) is 0 Å². The number of aliphatic hydroxyl groups excluding tert-OH is 1. The van der Waals surface area contributed by atoms with Crippen molar-refractivity contribution in [3.63, 3.8) is 0 Å². The molecule has 3 atom stereocenters. The van der Waals surface area contributed by atoms with E-state index in [1.54, 1.807) is 0 Å². The van der Waals surface area contributed by atoms with Crippen molar-refractivity contribution >= 4 is 0 Å². The summed E-state index contributed by atoms with van der Waals surface area (Å²) < 4.78 is 0. The average Bonchev–Trinajstić information content (AvgIpc) is 2.28. The molecule has 1 N–H and O–H groups in total. The molecule has 0 aromatic rings. The van der Waals surface area contributed by atoms with E-state index in [1.165, 1.54) is 19.3 Å². The van der Waals surface area contributed by atoms with Crippen LogP contribution < -0.4 is 0 Å². The summed E-state index contributed by atoms with van der Waals surface area (Å²) in [6.45, 7) is 12.6. The van der Waals surface area contributed by atoms with Crippen molar-refractivity contribution in [2.24, 2.45) is 11.8 Å². The number of hydrogen-bond donors (Lipinski definition) is 1. The van der Waals surface area contributed by atoms with Gasteiger partial charge in [-0.25, -0.2) is 0 Å². The zero-order valence-corrected chi connectivity index (χ0v) is 13.0. The summed E-state index contributed by atoms with van der Waals surface area (Å²) in [6, 6.07) is 1.18. The van der Waals surface area contributed by atoms with Crippen molar-refractivity contribution < 1.29 is 5.11 Å². The lowest BCUT2D eigenvalue weighted by atomic mass is 9.79. The van der Waals surface area contributed by atoms with Gasteiger partial charge in [-0.3, -0.25) is 4.90 Å². The van der Waals surface area contributed by atoms with E-state index >= 15 is 0 Å². The highest BCUT2D eigenvalue weighted by atomic mass is 16.3. The largest absolute Gasteiger partial charge is 0.393 e. The van der Waals surface area contributed by atoms with Crippen LogP contribution in [0.1, 0.15) is 66.7 Å². The van der Waals surface area contributed by atoms with Crippen molar-refractivity contribution in [2.45, 2.75) is 84.9 Å². The number of nitrogens with zero attached hydrogens (tertiary/aromatic N) is 1. The summed E-state index contributed by atoms with van der Waals surface area (Å²) in [5.41, 5.74) is 0. The van der Waals surface area contributed by atoms with Crippen LogP contribution in [-0.2, 0) is 0 Å². The molecule has 0 amide bonds. The summed E-state index contributed by atoms with van der Waals surface area (Å²) in [5.74, 6) is 1.49. The van der Waals surface area contributed by atoms with Crippen LogP contribution in [0.15, 0.2) is 0 Å². The maximum atomic E-state index is 10.0. The molecule has 1 saturated carbocycles. The first-order valence-corrected chi connectivity index (χ1v) is 7.89. The third kappa shape index (κ3) is 4.55. The molecular weight excluding hydrogens is 222 g/mol. The molecule has 0 heterocycles. The third-order valence-electron chi connectivity index (χ3n) is 4.25. The van der Waals surface area contributed by atoms with Gasteiger partial charge in [0.25, 0.3) is 0 Å².